The summed E-state index contributed by atoms with van der Waals surface area (Å²) in [5.41, 5.74) is 4.07. The van der Waals surface area contributed by atoms with Gasteiger partial charge in [-0.05, 0) is 48.6 Å². The van der Waals surface area contributed by atoms with Gasteiger partial charge in [0.2, 0.25) is 11.9 Å². The van der Waals surface area contributed by atoms with Gasteiger partial charge < -0.3 is 19.7 Å². The molecule has 48 heavy (non-hydrogen) atoms. The monoisotopic (exact) mass is 646 g/mol. The molecule has 2 aromatic heterocycles. The van der Waals surface area contributed by atoms with Gasteiger partial charge in [0.1, 0.15) is 37.7 Å². The fourth-order valence-corrected chi connectivity index (χ4v) is 5.75. The van der Waals surface area contributed by atoms with Crippen LogP contribution in [0.25, 0.3) is 5.95 Å². The van der Waals surface area contributed by atoms with Crippen LogP contribution in [0.5, 0.6) is 11.5 Å². The molecule has 3 N–H and O–H groups in total. The molecular weight excluding hydrogens is 604 g/mol. The zero-order valence-corrected chi connectivity index (χ0v) is 27.4. The number of hydrogen-bond acceptors (Lipinski definition) is 9. The zero-order chi connectivity index (χ0) is 33.2. The van der Waals surface area contributed by atoms with Crippen molar-refractivity contribution in [2.75, 3.05) is 31.2 Å². The van der Waals surface area contributed by atoms with E-state index in [4.69, 9.17) is 14.5 Å². The molecule has 6 rings (SSSR count). The molecule has 0 radical (unpaired) electrons. The molecule has 0 fully saturated rings. The smallest absolute Gasteiger partial charge is 0.239 e. The SMILES string of the molecule is CCC(NCc1ccccc1)(NCc1ccccc1)N(CC(=O)NCCc1ccc2c(c1)OCCO2)c1cc(C)nc(-n2ccnc2)n1. The number of amides is 1. The van der Waals surface area contributed by atoms with Crippen LogP contribution in [0.15, 0.2) is 104 Å². The number of rotatable bonds is 15. The van der Waals surface area contributed by atoms with Crippen molar-refractivity contribution in [3.05, 3.63) is 126 Å². The van der Waals surface area contributed by atoms with Crippen LogP contribution in [0.3, 0.4) is 0 Å². The van der Waals surface area contributed by atoms with E-state index in [9.17, 15) is 4.79 Å². The largest absolute Gasteiger partial charge is 0.486 e. The first kappa shape index (κ1) is 32.7. The first-order chi connectivity index (χ1) is 23.5. The summed E-state index contributed by atoms with van der Waals surface area (Å²) in [4.78, 5) is 29.7. The molecule has 0 unspecified atom stereocenters. The lowest BCUT2D eigenvalue weighted by atomic mass is 10.1. The lowest BCUT2D eigenvalue weighted by Crippen LogP contribution is -2.69. The van der Waals surface area contributed by atoms with Crippen molar-refractivity contribution in [2.24, 2.45) is 0 Å². The summed E-state index contributed by atoms with van der Waals surface area (Å²) >= 11 is 0. The Hall–Kier alpha value is -5.26. The van der Waals surface area contributed by atoms with E-state index in [0.717, 1.165) is 33.9 Å². The van der Waals surface area contributed by atoms with Crippen LogP contribution in [0.4, 0.5) is 5.82 Å². The Kier molecular flexibility index (Phi) is 10.6. The van der Waals surface area contributed by atoms with Gasteiger partial charge in [-0.1, -0.05) is 73.7 Å². The molecule has 1 aliphatic rings. The van der Waals surface area contributed by atoms with E-state index in [1.165, 1.54) is 0 Å². The predicted octanol–water partition coefficient (Wildman–Crippen LogP) is 4.55. The fraction of sp³-hybridized carbons (Fsp3) is 0.297. The summed E-state index contributed by atoms with van der Waals surface area (Å²) in [6, 6.07) is 28.3. The Labute approximate surface area is 281 Å². The quantitative estimate of drug-likeness (QED) is 0.141. The number of nitrogens with one attached hydrogen (secondary N) is 3. The molecule has 11 heteroatoms. The van der Waals surface area contributed by atoms with Crippen LogP contribution in [0, 0.1) is 6.92 Å². The second-order valence-electron chi connectivity index (χ2n) is 11.7. The van der Waals surface area contributed by atoms with Gasteiger partial charge >= 0.3 is 0 Å². The van der Waals surface area contributed by atoms with Gasteiger partial charge in [-0.3, -0.25) is 20.0 Å². The Morgan fingerprint density at radius 2 is 1.56 bits per heavy atom. The summed E-state index contributed by atoms with van der Waals surface area (Å²) in [6.07, 6.45) is 6.43. The third kappa shape index (κ3) is 8.17. The third-order valence-corrected chi connectivity index (χ3v) is 8.31. The molecule has 1 aliphatic heterocycles. The molecule has 3 aromatic carbocycles. The summed E-state index contributed by atoms with van der Waals surface area (Å²) in [7, 11) is 0. The molecule has 0 atom stereocenters. The molecule has 0 saturated heterocycles. The summed E-state index contributed by atoms with van der Waals surface area (Å²) in [5, 5.41) is 10.7. The molecule has 248 valence electrons. The maximum Gasteiger partial charge on any atom is 0.239 e. The molecule has 0 bridgehead atoms. The minimum absolute atomic E-state index is 0.0401. The highest BCUT2D eigenvalue weighted by atomic mass is 16.6. The number of aromatic nitrogens is 4. The standard InChI is InChI=1S/C37H42N8O3/c1-3-37(40-24-30-10-6-4-7-11-30,41-25-31-12-8-5-9-13-31)45(34-22-28(2)42-36(43-34)44-19-18-38-27-44)26-35(46)39-17-16-29-14-15-32-33(23-29)48-21-20-47-32/h4-15,18-19,22-23,27,40-41H,3,16-17,20-21,24-26H2,1-2H3,(H,39,46). The second kappa shape index (κ2) is 15.6. The second-order valence-corrected chi connectivity index (χ2v) is 11.7. The Morgan fingerprint density at radius 1 is 0.875 bits per heavy atom. The third-order valence-electron chi connectivity index (χ3n) is 8.31. The van der Waals surface area contributed by atoms with E-state index >= 15 is 0 Å². The van der Waals surface area contributed by atoms with E-state index in [-0.39, 0.29) is 12.5 Å². The molecule has 3 heterocycles. The van der Waals surface area contributed by atoms with Gasteiger partial charge in [0, 0.05) is 43.8 Å². The molecule has 5 aromatic rings. The highest BCUT2D eigenvalue weighted by Crippen LogP contribution is 2.31. The number of carbonyl (C=O) groups is 1. The first-order valence-electron chi connectivity index (χ1n) is 16.4. The van der Waals surface area contributed by atoms with E-state index in [2.05, 4.69) is 57.1 Å². The number of benzene rings is 3. The highest BCUT2D eigenvalue weighted by molar-refractivity contribution is 5.81. The van der Waals surface area contributed by atoms with Crippen LogP contribution in [0.2, 0.25) is 0 Å². The van der Waals surface area contributed by atoms with E-state index in [1.807, 2.05) is 78.7 Å². The van der Waals surface area contributed by atoms with Crippen LogP contribution >= 0.6 is 0 Å². The van der Waals surface area contributed by atoms with Crippen molar-refractivity contribution in [1.29, 1.82) is 0 Å². The number of imidazole rings is 1. The van der Waals surface area contributed by atoms with E-state index in [1.54, 1.807) is 17.1 Å². The van der Waals surface area contributed by atoms with Crippen LogP contribution < -0.4 is 30.3 Å². The summed E-state index contributed by atoms with van der Waals surface area (Å²) in [6.45, 7) is 6.75. The number of carbonyl (C=O) groups excluding carboxylic acids is 1. The van der Waals surface area contributed by atoms with Crippen molar-refractivity contribution >= 4 is 11.7 Å². The van der Waals surface area contributed by atoms with Crippen molar-refractivity contribution in [1.82, 2.24) is 35.5 Å². The van der Waals surface area contributed by atoms with Gasteiger partial charge in [-0.2, -0.15) is 4.98 Å². The normalized spacial score (nSPS) is 12.5. The lowest BCUT2D eigenvalue weighted by Gasteiger charge is -2.45. The van der Waals surface area contributed by atoms with Crippen molar-refractivity contribution in [3.63, 3.8) is 0 Å². The van der Waals surface area contributed by atoms with Gasteiger partial charge in [0.15, 0.2) is 11.5 Å². The average Bonchev–Trinajstić information content (AvgIpc) is 3.67. The molecule has 0 aliphatic carbocycles. The van der Waals surface area contributed by atoms with Gasteiger partial charge in [-0.25, -0.2) is 9.97 Å². The zero-order valence-electron chi connectivity index (χ0n) is 27.4. The molecular formula is C37H42N8O3. The highest BCUT2D eigenvalue weighted by Gasteiger charge is 2.37. The number of ether oxygens (including phenoxy) is 2. The first-order valence-corrected chi connectivity index (χ1v) is 16.4. The molecule has 11 nitrogen and oxygen atoms in total. The number of aryl methyl sites for hydroxylation is 1. The topological polar surface area (TPSA) is 118 Å². The average molecular weight is 647 g/mol. The Morgan fingerprint density at radius 3 is 2.21 bits per heavy atom. The van der Waals surface area contributed by atoms with Gasteiger partial charge in [0.05, 0.1) is 0 Å². The van der Waals surface area contributed by atoms with Crippen LogP contribution in [-0.4, -0.2) is 57.5 Å². The lowest BCUT2D eigenvalue weighted by molar-refractivity contribution is -0.120. The minimum atomic E-state index is -0.869. The van der Waals surface area contributed by atoms with Gasteiger partial charge in [-0.15, -0.1) is 0 Å². The van der Waals surface area contributed by atoms with E-state index < -0.39 is 5.79 Å². The summed E-state index contributed by atoms with van der Waals surface area (Å²) in [5.74, 6) is 1.58. The van der Waals surface area contributed by atoms with Crippen molar-refractivity contribution in [2.45, 2.75) is 45.6 Å². The number of fused-ring (bicyclic) bond motifs is 1. The van der Waals surface area contributed by atoms with Crippen LogP contribution in [0.1, 0.15) is 35.7 Å². The minimum Gasteiger partial charge on any atom is -0.486 e. The molecule has 1 amide bonds. The van der Waals surface area contributed by atoms with Gasteiger partial charge in [0.25, 0.3) is 0 Å². The maximum atomic E-state index is 13.8. The number of nitrogens with zero attached hydrogens (tertiary/aromatic N) is 5. The van der Waals surface area contributed by atoms with Crippen LogP contribution in [-0.2, 0) is 24.3 Å². The fourth-order valence-electron chi connectivity index (χ4n) is 5.75. The Bertz CT molecular complexity index is 1720. The number of hydrogen-bond donors (Lipinski definition) is 3. The number of anilines is 1. The van der Waals surface area contributed by atoms with Crippen molar-refractivity contribution < 1.29 is 14.3 Å². The molecule has 0 spiro atoms. The Balaban J connectivity index is 1.29. The molecule has 0 saturated carbocycles. The predicted molar refractivity (Wildman–Crippen MR) is 185 cm³/mol. The maximum absolute atomic E-state index is 13.8. The van der Waals surface area contributed by atoms with E-state index in [0.29, 0.717) is 57.5 Å². The van der Waals surface area contributed by atoms with Crippen molar-refractivity contribution in [3.8, 4) is 17.4 Å². The summed E-state index contributed by atoms with van der Waals surface area (Å²) < 4.78 is 13.2.